The zero-order valence-electron chi connectivity index (χ0n) is 9.54. The summed E-state index contributed by atoms with van der Waals surface area (Å²) in [6.07, 6.45) is 1.07. The van der Waals surface area contributed by atoms with Crippen molar-refractivity contribution >= 4 is 5.97 Å². The monoisotopic (exact) mass is 203 g/mol. The Morgan fingerprint density at radius 2 is 2.14 bits per heavy atom. The van der Waals surface area contributed by atoms with E-state index in [1.807, 2.05) is 18.9 Å². The summed E-state index contributed by atoms with van der Waals surface area (Å²) in [7, 11) is 3.26. The van der Waals surface area contributed by atoms with Gasteiger partial charge in [-0.25, -0.2) is 0 Å². The van der Waals surface area contributed by atoms with Crippen LogP contribution in [0.3, 0.4) is 0 Å². The molecule has 4 nitrogen and oxygen atoms in total. The van der Waals surface area contributed by atoms with Gasteiger partial charge < -0.3 is 14.7 Å². The molecule has 0 spiro atoms. The standard InChI is InChI=1S/C10H21NO3/c1-5-10(2,13)8-11(3)7-6-9(12)14-4/h13H,5-8H2,1-4H3. The van der Waals surface area contributed by atoms with Crippen molar-refractivity contribution in [3.8, 4) is 0 Å². The van der Waals surface area contributed by atoms with Crippen molar-refractivity contribution in [3.05, 3.63) is 0 Å². The molecule has 0 aromatic rings. The lowest BCUT2D eigenvalue weighted by atomic mass is 10.0. The maximum atomic E-state index is 10.8. The van der Waals surface area contributed by atoms with Gasteiger partial charge in [-0.2, -0.15) is 0 Å². The van der Waals surface area contributed by atoms with Gasteiger partial charge in [0.25, 0.3) is 0 Å². The molecule has 0 heterocycles. The maximum Gasteiger partial charge on any atom is 0.306 e. The van der Waals surface area contributed by atoms with E-state index in [4.69, 9.17) is 0 Å². The molecule has 0 aromatic heterocycles. The molecular weight excluding hydrogens is 182 g/mol. The third kappa shape index (κ3) is 5.94. The number of esters is 1. The fraction of sp³-hybridized carbons (Fsp3) is 0.900. The molecular formula is C10H21NO3. The van der Waals surface area contributed by atoms with Gasteiger partial charge in [0.2, 0.25) is 0 Å². The van der Waals surface area contributed by atoms with Crippen LogP contribution in [-0.2, 0) is 9.53 Å². The minimum Gasteiger partial charge on any atom is -0.469 e. The summed E-state index contributed by atoms with van der Waals surface area (Å²) in [5.74, 6) is -0.215. The molecule has 4 heteroatoms. The zero-order valence-corrected chi connectivity index (χ0v) is 9.54. The minimum atomic E-state index is -0.676. The number of aliphatic hydroxyl groups is 1. The van der Waals surface area contributed by atoms with Crippen LogP contribution in [0.1, 0.15) is 26.7 Å². The molecule has 1 atom stereocenters. The van der Waals surface area contributed by atoms with Crippen LogP contribution in [0.5, 0.6) is 0 Å². The Kier molecular flexibility index (Phi) is 5.72. The molecule has 0 bridgehead atoms. The number of ether oxygens (including phenoxy) is 1. The molecule has 0 aliphatic rings. The molecule has 0 aromatic carbocycles. The van der Waals surface area contributed by atoms with Gasteiger partial charge in [-0.05, 0) is 20.4 Å². The molecule has 0 aliphatic carbocycles. The highest BCUT2D eigenvalue weighted by Gasteiger charge is 2.19. The number of carbonyl (C=O) groups is 1. The van der Waals surface area contributed by atoms with Crippen molar-refractivity contribution in [1.29, 1.82) is 0 Å². The summed E-state index contributed by atoms with van der Waals surface area (Å²) >= 11 is 0. The van der Waals surface area contributed by atoms with E-state index in [0.29, 0.717) is 25.9 Å². The van der Waals surface area contributed by atoms with Gasteiger partial charge in [0.1, 0.15) is 0 Å². The lowest BCUT2D eigenvalue weighted by molar-refractivity contribution is -0.141. The van der Waals surface area contributed by atoms with Crippen LogP contribution in [0, 0.1) is 0 Å². The fourth-order valence-electron chi connectivity index (χ4n) is 1.16. The zero-order chi connectivity index (χ0) is 11.2. The molecule has 1 unspecified atom stereocenters. The maximum absolute atomic E-state index is 10.8. The van der Waals surface area contributed by atoms with Gasteiger partial charge in [-0.1, -0.05) is 6.92 Å². The Hall–Kier alpha value is -0.610. The number of methoxy groups -OCH3 is 1. The SMILES string of the molecule is CCC(C)(O)CN(C)CCC(=O)OC. The first-order valence-corrected chi connectivity index (χ1v) is 4.89. The van der Waals surface area contributed by atoms with Crippen LogP contribution in [0.2, 0.25) is 0 Å². The Morgan fingerprint density at radius 1 is 1.57 bits per heavy atom. The molecule has 0 amide bonds. The van der Waals surface area contributed by atoms with Crippen molar-refractivity contribution in [3.63, 3.8) is 0 Å². The predicted octanol–water partition coefficient (Wildman–Crippen LogP) is 0.642. The van der Waals surface area contributed by atoms with Crippen molar-refractivity contribution in [2.45, 2.75) is 32.3 Å². The lowest BCUT2D eigenvalue weighted by Gasteiger charge is -2.27. The Labute approximate surface area is 85.9 Å². The highest BCUT2D eigenvalue weighted by atomic mass is 16.5. The molecule has 0 rings (SSSR count). The summed E-state index contributed by atoms with van der Waals surface area (Å²) in [5.41, 5.74) is -0.676. The van der Waals surface area contributed by atoms with Gasteiger partial charge in [0.05, 0.1) is 19.1 Å². The molecule has 0 radical (unpaired) electrons. The first-order valence-electron chi connectivity index (χ1n) is 4.89. The molecule has 0 saturated carbocycles. The summed E-state index contributed by atoms with van der Waals surface area (Å²) in [6.45, 7) is 4.92. The summed E-state index contributed by atoms with van der Waals surface area (Å²) in [5, 5.41) is 9.76. The largest absolute Gasteiger partial charge is 0.469 e. The van der Waals surface area contributed by atoms with E-state index >= 15 is 0 Å². The van der Waals surface area contributed by atoms with Crippen LogP contribution >= 0.6 is 0 Å². The van der Waals surface area contributed by atoms with E-state index in [0.717, 1.165) is 0 Å². The third-order valence-electron chi connectivity index (χ3n) is 2.30. The number of hydrogen-bond donors (Lipinski definition) is 1. The van der Waals surface area contributed by atoms with Crippen molar-refractivity contribution in [1.82, 2.24) is 4.90 Å². The molecule has 0 saturated heterocycles. The van der Waals surface area contributed by atoms with E-state index in [2.05, 4.69) is 4.74 Å². The topological polar surface area (TPSA) is 49.8 Å². The van der Waals surface area contributed by atoms with E-state index < -0.39 is 5.60 Å². The van der Waals surface area contributed by atoms with Crippen LogP contribution in [-0.4, -0.2) is 48.8 Å². The van der Waals surface area contributed by atoms with E-state index in [9.17, 15) is 9.90 Å². The Balaban J connectivity index is 3.75. The number of rotatable bonds is 6. The van der Waals surface area contributed by atoms with E-state index in [1.165, 1.54) is 7.11 Å². The number of likely N-dealkylation sites (N-methyl/N-ethyl adjacent to an activating group) is 1. The lowest BCUT2D eigenvalue weighted by Crippen LogP contribution is -2.39. The summed E-state index contributed by atoms with van der Waals surface area (Å²) in [4.78, 5) is 12.8. The predicted molar refractivity (Wildman–Crippen MR) is 55.0 cm³/mol. The number of nitrogens with zero attached hydrogens (tertiary/aromatic N) is 1. The second kappa shape index (κ2) is 5.98. The van der Waals surface area contributed by atoms with Crippen LogP contribution < -0.4 is 0 Å². The van der Waals surface area contributed by atoms with Gasteiger partial charge in [0.15, 0.2) is 0 Å². The normalized spacial score (nSPS) is 15.3. The van der Waals surface area contributed by atoms with Gasteiger partial charge >= 0.3 is 5.97 Å². The number of carbonyl (C=O) groups excluding carboxylic acids is 1. The minimum absolute atomic E-state index is 0.215. The Bertz CT molecular complexity index is 180. The average molecular weight is 203 g/mol. The van der Waals surface area contributed by atoms with E-state index in [-0.39, 0.29) is 5.97 Å². The first-order chi connectivity index (χ1) is 6.41. The second-order valence-corrected chi connectivity index (χ2v) is 3.91. The average Bonchev–Trinajstić information content (AvgIpc) is 2.13. The molecule has 14 heavy (non-hydrogen) atoms. The molecule has 0 aliphatic heterocycles. The van der Waals surface area contributed by atoms with Gasteiger partial charge in [0, 0.05) is 13.1 Å². The summed E-state index contributed by atoms with van der Waals surface area (Å²) < 4.78 is 4.53. The van der Waals surface area contributed by atoms with Gasteiger partial charge in [-0.3, -0.25) is 4.79 Å². The van der Waals surface area contributed by atoms with Crippen LogP contribution in [0.25, 0.3) is 0 Å². The van der Waals surface area contributed by atoms with Gasteiger partial charge in [-0.15, -0.1) is 0 Å². The third-order valence-corrected chi connectivity index (χ3v) is 2.30. The highest BCUT2D eigenvalue weighted by molar-refractivity contribution is 5.69. The van der Waals surface area contributed by atoms with Crippen molar-refractivity contribution in [2.75, 3.05) is 27.2 Å². The molecule has 1 N–H and O–H groups in total. The first kappa shape index (κ1) is 13.4. The summed E-state index contributed by atoms with van der Waals surface area (Å²) in [6, 6.07) is 0. The number of hydrogen-bond acceptors (Lipinski definition) is 4. The van der Waals surface area contributed by atoms with Crippen molar-refractivity contribution < 1.29 is 14.6 Å². The quantitative estimate of drug-likeness (QED) is 0.644. The molecule has 0 fully saturated rings. The Morgan fingerprint density at radius 3 is 2.57 bits per heavy atom. The molecule has 84 valence electrons. The fourth-order valence-corrected chi connectivity index (χ4v) is 1.16. The highest BCUT2D eigenvalue weighted by Crippen LogP contribution is 2.09. The van der Waals surface area contributed by atoms with E-state index in [1.54, 1.807) is 6.92 Å². The second-order valence-electron chi connectivity index (χ2n) is 3.91. The van der Waals surface area contributed by atoms with Crippen molar-refractivity contribution in [2.24, 2.45) is 0 Å². The smallest absolute Gasteiger partial charge is 0.306 e. The van der Waals surface area contributed by atoms with Crippen LogP contribution in [0.4, 0.5) is 0 Å². The van der Waals surface area contributed by atoms with Crippen LogP contribution in [0.15, 0.2) is 0 Å².